The summed E-state index contributed by atoms with van der Waals surface area (Å²) >= 11 is 0. The van der Waals surface area contributed by atoms with Crippen LogP contribution in [0.1, 0.15) is 10.4 Å². The molecule has 2 aromatic rings. The zero-order valence-corrected chi connectivity index (χ0v) is 7.94. The van der Waals surface area contributed by atoms with Gasteiger partial charge in [0.2, 0.25) is 0 Å². The van der Waals surface area contributed by atoms with Crippen LogP contribution in [0.25, 0.3) is 10.9 Å². The van der Waals surface area contributed by atoms with Crippen LogP contribution in [0, 0.1) is 0 Å². The highest BCUT2D eigenvalue weighted by atomic mass is 16.1. The Morgan fingerprint density at radius 3 is 2.87 bits per heavy atom. The Morgan fingerprint density at radius 1 is 1.40 bits per heavy atom. The number of aldehydes is 1. The highest BCUT2D eigenvalue weighted by Crippen LogP contribution is 2.18. The first-order valence-electron chi connectivity index (χ1n) is 4.55. The van der Waals surface area contributed by atoms with Crippen LogP contribution in [0.4, 0.5) is 0 Å². The Labute approximate surface area is 86.1 Å². The number of aromatic amines is 1. The summed E-state index contributed by atoms with van der Waals surface area (Å²) in [4.78, 5) is 25.1. The van der Waals surface area contributed by atoms with Crippen molar-refractivity contribution in [1.82, 2.24) is 4.98 Å². The predicted molar refractivity (Wildman–Crippen MR) is 56.7 cm³/mol. The van der Waals surface area contributed by atoms with Crippen LogP contribution < -0.4 is 5.73 Å². The number of hydrogen-bond acceptors (Lipinski definition) is 3. The number of aromatic nitrogens is 1. The number of hydrogen-bond donors (Lipinski definition) is 2. The van der Waals surface area contributed by atoms with Gasteiger partial charge in [0, 0.05) is 22.7 Å². The van der Waals surface area contributed by atoms with E-state index in [1.165, 1.54) is 0 Å². The van der Waals surface area contributed by atoms with Gasteiger partial charge in [-0.25, -0.2) is 0 Å². The number of rotatable bonds is 3. The molecule has 0 radical (unpaired) electrons. The topological polar surface area (TPSA) is 76.0 Å². The first-order chi connectivity index (χ1) is 7.24. The molecule has 4 heteroatoms. The summed E-state index contributed by atoms with van der Waals surface area (Å²) in [6.07, 6.45) is 2.03. The molecule has 0 aliphatic carbocycles. The first-order valence-corrected chi connectivity index (χ1v) is 4.55. The van der Waals surface area contributed by atoms with Crippen LogP contribution in [0.5, 0.6) is 0 Å². The van der Waals surface area contributed by atoms with Crippen LogP contribution in [0.15, 0.2) is 30.5 Å². The second-order valence-electron chi connectivity index (χ2n) is 3.27. The molecule has 0 fully saturated rings. The number of Topliss-reactive ketones (excluding diaryl/α,β-unsaturated/α-hetero) is 1. The molecule has 4 nitrogen and oxygen atoms in total. The van der Waals surface area contributed by atoms with E-state index in [0.29, 0.717) is 11.8 Å². The van der Waals surface area contributed by atoms with Crippen LogP contribution in [-0.4, -0.2) is 23.1 Å². The fourth-order valence-electron chi connectivity index (χ4n) is 1.52. The second kappa shape index (κ2) is 3.67. The summed E-state index contributed by atoms with van der Waals surface area (Å²) in [5.41, 5.74) is 6.69. The number of carbonyl (C=O) groups excluding carboxylic acids is 2. The summed E-state index contributed by atoms with van der Waals surface area (Å²) in [6, 6.07) is 6.30. The maximum Gasteiger partial charge on any atom is 0.188 e. The monoisotopic (exact) mass is 202 g/mol. The Hall–Kier alpha value is -1.94. The fraction of sp³-hybridized carbons (Fsp3) is 0.0909. The molecule has 2 rings (SSSR count). The van der Waals surface area contributed by atoms with Gasteiger partial charge in [0.25, 0.3) is 0 Å². The van der Waals surface area contributed by atoms with E-state index in [4.69, 9.17) is 5.73 Å². The number of fused-ring (bicyclic) bond motifs is 1. The lowest BCUT2D eigenvalue weighted by atomic mass is 10.1. The standard InChI is InChI=1S/C11H10N2O2/c12-9(6-14)11(15)8-5-13-10-4-2-1-3-7(8)10/h1-6,9,13H,12H2/t9-/m1/s1. The fourth-order valence-corrected chi connectivity index (χ4v) is 1.52. The van der Waals surface area contributed by atoms with E-state index in [-0.39, 0.29) is 5.78 Å². The molecule has 15 heavy (non-hydrogen) atoms. The zero-order chi connectivity index (χ0) is 10.8. The molecule has 1 aromatic carbocycles. The molecule has 0 aliphatic rings. The molecule has 1 atom stereocenters. The summed E-state index contributed by atoms with van der Waals surface area (Å²) < 4.78 is 0. The minimum atomic E-state index is -1.08. The van der Waals surface area contributed by atoms with Crippen molar-refractivity contribution in [2.45, 2.75) is 6.04 Å². The number of nitrogens with one attached hydrogen (secondary N) is 1. The van der Waals surface area contributed by atoms with E-state index in [1.807, 2.05) is 24.3 Å². The maximum absolute atomic E-state index is 11.7. The van der Waals surface area contributed by atoms with Gasteiger partial charge in [-0.1, -0.05) is 18.2 Å². The Bertz CT molecular complexity index is 516. The van der Waals surface area contributed by atoms with Crippen molar-refractivity contribution in [3.8, 4) is 0 Å². The third kappa shape index (κ3) is 1.55. The van der Waals surface area contributed by atoms with Crippen molar-refractivity contribution in [1.29, 1.82) is 0 Å². The van der Waals surface area contributed by atoms with Gasteiger partial charge < -0.3 is 15.5 Å². The average Bonchev–Trinajstić information content (AvgIpc) is 2.70. The van der Waals surface area contributed by atoms with Gasteiger partial charge in [0.15, 0.2) is 5.78 Å². The van der Waals surface area contributed by atoms with Gasteiger partial charge >= 0.3 is 0 Å². The van der Waals surface area contributed by atoms with Crippen molar-refractivity contribution < 1.29 is 9.59 Å². The SMILES string of the molecule is N[C@H](C=O)C(=O)c1c[nH]c2ccccc12. The van der Waals surface area contributed by atoms with Crippen LogP contribution in [0.2, 0.25) is 0 Å². The second-order valence-corrected chi connectivity index (χ2v) is 3.27. The minimum absolute atomic E-state index is 0.359. The molecule has 0 aliphatic heterocycles. The molecular formula is C11H10N2O2. The summed E-state index contributed by atoms with van der Waals surface area (Å²) in [5, 5.41) is 0.791. The average molecular weight is 202 g/mol. The molecule has 1 heterocycles. The molecule has 76 valence electrons. The van der Waals surface area contributed by atoms with Crippen LogP contribution in [-0.2, 0) is 4.79 Å². The van der Waals surface area contributed by atoms with Crippen molar-refractivity contribution in [3.63, 3.8) is 0 Å². The molecule has 0 amide bonds. The van der Waals surface area contributed by atoms with Gasteiger partial charge in [0.05, 0.1) is 0 Å². The van der Waals surface area contributed by atoms with Crippen molar-refractivity contribution in [2.24, 2.45) is 5.73 Å². The molecule has 3 N–H and O–H groups in total. The number of benzene rings is 1. The lowest BCUT2D eigenvalue weighted by Crippen LogP contribution is -2.31. The van der Waals surface area contributed by atoms with Gasteiger partial charge in [-0.2, -0.15) is 0 Å². The predicted octanol–water partition coefficient (Wildman–Crippen LogP) is 0.877. The number of H-pyrrole nitrogens is 1. The van der Waals surface area contributed by atoms with E-state index < -0.39 is 6.04 Å². The Kier molecular flexibility index (Phi) is 2.35. The van der Waals surface area contributed by atoms with Gasteiger partial charge in [-0.3, -0.25) is 4.79 Å². The zero-order valence-electron chi connectivity index (χ0n) is 7.94. The molecular weight excluding hydrogens is 192 g/mol. The normalized spacial score (nSPS) is 12.6. The Balaban J connectivity index is 2.53. The number of para-hydroxylation sites is 1. The summed E-state index contributed by atoms with van der Waals surface area (Å²) in [5.74, 6) is -0.359. The van der Waals surface area contributed by atoms with E-state index in [1.54, 1.807) is 6.20 Å². The number of ketones is 1. The van der Waals surface area contributed by atoms with Crippen molar-refractivity contribution in [3.05, 3.63) is 36.0 Å². The molecule has 0 bridgehead atoms. The van der Waals surface area contributed by atoms with E-state index >= 15 is 0 Å². The Morgan fingerprint density at radius 2 is 2.13 bits per heavy atom. The third-order valence-corrected chi connectivity index (χ3v) is 2.30. The van der Waals surface area contributed by atoms with Gasteiger partial charge in [-0.05, 0) is 6.07 Å². The highest BCUT2D eigenvalue weighted by Gasteiger charge is 2.17. The summed E-state index contributed by atoms with van der Waals surface area (Å²) in [6.45, 7) is 0. The number of nitrogens with two attached hydrogens (primary N) is 1. The van der Waals surface area contributed by atoms with E-state index in [2.05, 4.69) is 4.98 Å². The number of carbonyl (C=O) groups is 2. The minimum Gasteiger partial charge on any atom is -0.360 e. The highest BCUT2D eigenvalue weighted by molar-refractivity contribution is 6.15. The maximum atomic E-state index is 11.7. The molecule has 0 unspecified atom stereocenters. The van der Waals surface area contributed by atoms with Gasteiger partial charge in [0.1, 0.15) is 12.3 Å². The van der Waals surface area contributed by atoms with E-state index in [9.17, 15) is 9.59 Å². The largest absolute Gasteiger partial charge is 0.360 e. The van der Waals surface area contributed by atoms with E-state index in [0.717, 1.165) is 10.9 Å². The first kappa shape index (κ1) is 9.61. The van der Waals surface area contributed by atoms with Gasteiger partial charge in [-0.15, -0.1) is 0 Å². The lowest BCUT2D eigenvalue weighted by molar-refractivity contribution is -0.108. The molecule has 1 aromatic heterocycles. The molecule has 0 spiro atoms. The smallest absolute Gasteiger partial charge is 0.188 e. The van der Waals surface area contributed by atoms with Crippen LogP contribution >= 0.6 is 0 Å². The van der Waals surface area contributed by atoms with Crippen LogP contribution in [0.3, 0.4) is 0 Å². The van der Waals surface area contributed by atoms with Crippen molar-refractivity contribution in [2.75, 3.05) is 0 Å². The third-order valence-electron chi connectivity index (χ3n) is 2.30. The molecule has 0 saturated heterocycles. The quantitative estimate of drug-likeness (QED) is 0.440. The molecule has 0 saturated carbocycles. The summed E-state index contributed by atoms with van der Waals surface area (Å²) in [7, 11) is 0. The van der Waals surface area contributed by atoms with Crippen molar-refractivity contribution >= 4 is 23.0 Å². The lowest BCUT2D eigenvalue weighted by Gasteiger charge is -2.00.